The quantitative estimate of drug-likeness (QED) is 0.746. The minimum absolute atomic E-state index is 0.112. The highest BCUT2D eigenvalue weighted by Crippen LogP contribution is 2.23. The van der Waals surface area contributed by atoms with Crippen LogP contribution in [0.25, 0.3) is 0 Å². The molecule has 1 aromatic rings. The molecule has 0 saturated carbocycles. The molecule has 0 unspecified atom stereocenters. The fourth-order valence-electron chi connectivity index (χ4n) is 1.15. The molecule has 0 amide bonds. The number of rotatable bonds is 3. The first kappa shape index (κ1) is 12.5. The molecule has 0 fully saturated rings. The molecule has 0 heterocycles. The van der Waals surface area contributed by atoms with E-state index in [-0.39, 0.29) is 17.5 Å². The Balaban J connectivity index is 2.80. The Labute approximate surface area is 91.0 Å². The number of carbonyl (C=O) groups excluding carboxylic acids is 1. The number of halogens is 3. The number of ether oxygens (including phenoxy) is 1. The molecule has 0 bridgehead atoms. The number of benzene rings is 1. The fraction of sp³-hybridized carbons (Fsp3) is 0.364. The number of alkyl halides is 3. The maximum absolute atomic E-state index is 11.8. The molecule has 1 aromatic carbocycles. The molecule has 0 spiro atoms. The standard InChI is InChI=1S/C11H11F3O2/c1-7(2)10(15)8-3-5-9(6-4-8)16-11(12,13)14/h3-7H,1-2H3. The first-order valence-electron chi connectivity index (χ1n) is 4.69. The van der Waals surface area contributed by atoms with Gasteiger partial charge in [-0.3, -0.25) is 4.79 Å². The van der Waals surface area contributed by atoms with Crippen LogP contribution < -0.4 is 4.74 Å². The molecular weight excluding hydrogens is 221 g/mol. The van der Waals surface area contributed by atoms with E-state index in [4.69, 9.17) is 0 Å². The second kappa shape index (κ2) is 4.55. The lowest BCUT2D eigenvalue weighted by Crippen LogP contribution is -2.17. The van der Waals surface area contributed by atoms with Crippen molar-refractivity contribution in [3.8, 4) is 5.75 Å². The molecule has 88 valence electrons. The zero-order chi connectivity index (χ0) is 12.3. The average molecular weight is 232 g/mol. The molecule has 0 saturated heterocycles. The lowest BCUT2D eigenvalue weighted by Gasteiger charge is -2.09. The summed E-state index contributed by atoms with van der Waals surface area (Å²) in [5.41, 5.74) is 0.379. The van der Waals surface area contributed by atoms with Gasteiger partial charge in [-0.2, -0.15) is 0 Å². The van der Waals surface area contributed by atoms with E-state index in [2.05, 4.69) is 4.74 Å². The normalized spacial score (nSPS) is 11.6. The lowest BCUT2D eigenvalue weighted by molar-refractivity contribution is -0.274. The highest BCUT2D eigenvalue weighted by molar-refractivity contribution is 5.97. The molecule has 0 aliphatic carbocycles. The van der Waals surface area contributed by atoms with Gasteiger partial charge in [-0.15, -0.1) is 13.2 Å². The zero-order valence-corrected chi connectivity index (χ0v) is 8.84. The van der Waals surface area contributed by atoms with E-state index < -0.39 is 6.36 Å². The van der Waals surface area contributed by atoms with Crippen LogP contribution in [0.3, 0.4) is 0 Å². The van der Waals surface area contributed by atoms with Crippen LogP contribution in [0.1, 0.15) is 24.2 Å². The lowest BCUT2D eigenvalue weighted by atomic mass is 10.0. The number of hydrogen-bond donors (Lipinski definition) is 0. The fourth-order valence-corrected chi connectivity index (χ4v) is 1.15. The van der Waals surface area contributed by atoms with Gasteiger partial charge in [0, 0.05) is 11.5 Å². The van der Waals surface area contributed by atoms with Gasteiger partial charge < -0.3 is 4.74 Å². The Morgan fingerprint density at radius 3 is 2.06 bits per heavy atom. The van der Waals surface area contributed by atoms with Crippen LogP contribution >= 0.6 is 0 Å². The van der Waals surface area contributed by atoms with E-state index in [1.165, 1.54) is 12.1 Å². The van der Waals surface area contributed by atoms with Crippen molar-refractivity contribution in [2.75, 3.05) is 0 Å². The summed E-state index contributed by atoms with van der Waals surface area (Å²) in [6, 6.07) is 4.90. The third-order valence-electron chi connectivity index (χ3n) is 1.90. The van der Waals surface area contributed by atoms with Crippen molar-refractivity contribution in [2.24, 2.45) is 5.92 Å². The number of ketones is 1. The van der Waals surface area contributed by atoms with E-state index in [1.54, 1.807) is 13.8 Å². The van der Waals surface area contributed by atoms with Crippen molar-refractivity contribution in [3.63, 3.8) is 0 Å². The van der Waals surface area contributed by atoms with Gasteiger partial charge in [0.2, 0.25) is 0 Å². The van der Waals surface area contributed by atoms with Crippen LogP contribution in [-0.2, 0) is 0 Å². The number of Topliss-reactive ketones (excluding diaryl/α,β-unsaturated/α-hetero) is 1. The predicted octanol–water partition coefficient (Wildman–Crippen LogP) is 3.42. The molecule has 0 N–H and O–H groups in total. The largest absolute Gasteiger partial charge is 0.573 e. The van der Waals surface area contributed by atoms with Gasteiger partial charge in [-0.25, -0.2) is 0 Å². The van der Waals surface area contributed by atoms with E-state index in [9.17, 15) is 18.0 Å². The van der Waals surface area contributed by atoms with Crippen molar-refractivity contribution in [1.29, 1.82) is 0 Å². The molecule has 0 aromatic heterocycles. The number of hydrogen-bond acceptors (Lipinski definition) is 2. The minimum atomic E-state index is -4.70. The van der Waals surface area contributed by atoms with E-state index in [0.717, 1.165) is 12.1 Å². The van der Waals surface area contributed by atoms with Crippen LogP contribution in [0.4, 0.5) is 13.2 Å². The van der Waals surface area contributed by atoms with Crippen molar-refractivity contribution in [3.05, 3.63) is 29.8 Å². The van der Waals surface area contributed by atoms with Crippen molar-refractivity contribution in [1.82, 2.24) is 0 Å². The third kappa shape index (κ3) is 3.56. The molecule has 0 radical (unpaired) electrons. The SMILES string of the molecule is CC(C)C(=O)c1ccc(OC(F)(F)F)cc1. The summed E-state index contributed by atoms with van der Waals surface area (Å²) in [6.07, 6.45) is -4.70. The van der Waals surface area contributed by atoms with Crippen LogP contribution in [0.15, 0.2) is 24.3 Å². The zero-order valence-electron chi connectivity index (χ0n) is 8.84. The third-order valence-corrected chi connectivity index (χ3v) is 1.90. The smallest absolute Gasteiger partial charge is 0.406 e. The summed E-state index contributed by atoms with van der Waals surface area (Å²) in [5, 5.41) is 0. The van der Waals surface area contributed by atoms with Gasteiger partial charge in [-0.05, 0) is 24.3 Å². The molecule has 1 rings (SSSR count). The highest BCUT2D eigenvalue weighted by atomic mass is 19.4. The van der Waals surface area contributed by atoms with Gasteiger partial charge in [0.15, 0.2) is 5.78 Å². The summed E-state index contributed by atoms with van der Waals surface area (Å²) < 4.78 is 39.2. The van der Waals surface area contributed by atoms with E-state index >= 15 is 0 Å². The summed E-state index contributed by atoms with van der Waals surface area (Å²) in [6.45, 7) is 3.45. The van der Waals surface area contributed by atoms with Gasteiger partial charge >= 0.3 is 6.36 Å². The molecule has 16 heavy (non-hydrogen) atoms. The molecule has 0 aliphatic heterocycles. The predicted molar refractivity (Wildman–Crippen MR) is 52.3 cm³/mol. The monoisotopic (exact) mass is 232 g/mol. The summed E-state index contributed by atoms with van der Waals surface area (Å²) in [4.78, 5) is 11.5. The Kier molecular flexibility index (Phi) is 3.57. The first-order valence-corrected chi connectivity index (χ1v) is 4.69. The van der Waals surface area contributed by atoms with Gasteiger partial charge in [-0.1, -0.05) is 13.8 Å². The Hall–Kier alpha value is -1.52. The van der Waals surface area contributed by atoms with Crippen LogP contribution in [-0.4, -0.2) is 12.1 Å². The maximum Gasteiger partial charge on any atom is 0.573 e. The van der Waals surface area contributed by atoms with E-state index in [0.29, 0.717) is 5.56 Å². The Morgan fingerprint density at radius 1 is 1.19 bits per heavy atom. The minimum Gasteiger partial charge on any atom is -0.406 e. The summed E-state index contributed by atoms with van der Waals surface area (Å²) in [7, 11) is 0. The van der Waals surface area contributed by atoms with Crippen LogP contribution in [0.5, 0.6) is 5.75 Å². The molecule has 5 heteroatoms. The van der Waals surface area contributed by atoms with Crippen LogP contribution in [0, 0.1) is 5.92 Å². The van der Waals surface area contributed by atoms with Crippen molar-refractivity contribution >= 4 is 5.78 Å². The van der Waals surface area contributed by atoms with Gasteiger partial charge in [0.25, 0.3) is 0 Å². The number of carbonyl (C=O) groups is 1. The van der Waals surface area contributed by atoms with Crippen molar-refractivity contribution < 1.29 is 22.7 Å². The maximum atomic E-state index is 11.8. The second-order valence-electron chi connectivity index (χ2n) is 3.59. The molecule has 0 aliphatic rings. The molecule has 0 atom stereocenters. The molecular formula is C11H11F3O2. The average Bonchev–Trinajstić information content (AvgIpc) is 2.15. The van der Waals surface area contributed by atoms with Crippen LogP contribution in [0.2, 0.25) is 0 Å². The Morgan fingerprint density at radius 2 is 1.69 bits per heavy atom. The summed E-state index contributed by atoms with van der Waals surface area (Å²) >= 11 is 0. The second-order valence-corrected chi connectivity index (χ2v) is 3.59. The summed E-state index contributed by atoms with van der Waals surface area (Å²) in [5.74, 6) is -0.624. The first-order chi connectivity index (χ1) is 7.29. The van der Waals surface area contributed by atoms with Gasteiger partial charge in [0.05, 0.1) is 0 Å². The highest BCUT2D eigenvalue weighted by Gasteiger charge is 2.31. The Bertz CT molecular complexity index is 366. The van der Waals surface area contributed by atoms with Gasteiger partial charge in [0.1, 0.15) is 5.75 Å². The topological polar surface area (TPSA) is 26.3 Å². The van der Waals surface area contributed by atoms with E-state index in [1.807, 2.05) is 0 Å². The molecule has 2 nitrogen and oxygen atoms in total. The van der Waals surface area contributed by atoms with Crippen molar-refractivity contribution in [2.45, 2.75) is 20.2 Å².